The van der Waals surface area contributed by atoms with Gasteiger partial charge in [-0.05, 0) is 39.3 Å². The summed E-state index contributed by atoms with van der Waals surface area (Å²) in [7, 11) is 2.07. The zero-order valence-corrected chi connectivity index (χ0v) is 14.6. The zero-order chi connectivity index (χ0) is 18.6. The number of aryl methyl sites for hydroxylation is 1. The molecule has 1 fully saturated rings. The van der Waals surface area contributed by atoms with Crippen molar-refractivity contribution in [2.75, 3.05) is 20.2 Å². The summed E-state index contributed by atoms with van der Waals surface area (Å²) in [5.41, 5.74) is 1.37. The minimum atomic E-state index is -4.10. The Hall–Kier alpha value is -2.16. The first-order valence-electron chi connectivity index (χ1n) is 8.67. The standard InChI is InChI=1S/C17H22F3N5O/c1-24-7-5-14(24)12-26-16-8-15(9-21-10-16)25-11-13(22-23-25)4-2-3-6-17(18,19)20/h8-11,14H,2-7,12H2,1H3/t14-/m0/s1. The number of aromatic nitrogens is 4. The van der Waals surface area contributed by atoms with E-state index in [4.69, 9.17) is 4.74 Å². The van der Waals surface area contributed by atoms with Crippen LogP contribution < -0.4 is 4.74 Å². The quantitative estimate of drug-likeness (QED) is 0.670. The van der Waals surface area contributed by atoms with Gasteiger partial charge in [0.2, 0.25) is 0 Å². The van der Waals surface area contributed by atoms with Crippen LogP contribution in [0.2, 0.25) is 0 Å². The second kappa shape index (κ2) is 8.03. The first-order valence-corrected chi connectivity index (χ1v) is 8.67. The Labute approximate surface area is 150 Å². The summed E-state index contributed by atoms with van der Waals surface area (Å²) in [6.07, 6.45) is 2.26. The van der Waals surface area contributed by atoms with Crippen LogP contribution in [0.4, 0.5) is 13.2 Å². The summed E-state index contributed by atoms with van der Waals surface area (Å²) in [6.45, 7) is 1.71. The van der Waals surface area contributed by atoms with E-state index >= 15 is 0 Å². The third-order valence-corrected chi connectivity index (χ3v) is 4.53. The van der Waals surface area contributed by atoms with Gasteiger partial charge in [-0.15, -0.1) is 5.10 Å². The fourth-order valence-corrected chi connectivity index (χ4v) is 2.76. The highest BCUT2D eigenvalue weighted by molar-refractivity contribution is 5.34. The summed E-state index contributed by atoms with van der Waals surface area (Å²) in [4.78, 5) is 6.40. The van der Waals surface area contributed by atoms with Crippen molar-refractivity contribution in [3.8, 4) is 11.4 Å². The van der Waals surface area contributed by atoms with Gasteiger partial charge in [-0.1, -0.05) is 5.21 Å². The molecule has 0 saturated carbocycles. The molecular weight excluding hydrogens is 347 g/mol. The number of hydrogen-bond acceptors (Lipinski definition) is 5. The second-order valence-electron chi connectivity index (χ2n) is 6.59. The van der Waals surface area contributed by atoms with E-state index in [0.29, 0.717) is 42.6 Å². The molecule has 1 aliphatic rings. The largest absolute Gasteiger partial charge is 0.490 e. The van der Waals surface area contributed by atoms with Gasteiger partial charge in [0.05, 0.1) is 30.0 Å². The number of pyridine rings is 1. The van der Waals surface area contributed by atoms with Crippen LogP contribution in [-0.2, 0) is 6.42 Å². The van der Waals surface area contributed by atoms with Crippen molar-refractivity contribution in [3.05, 3.63) is 30.4 Å². The number of ether oxygens (including phenoxy) is 1. The maximum absolute atomic E-state index is 12.2. The Bertz CT molecular complexity index is 718. The topological polar surface area (TPSA) is 56.1 Å². The highest BCUT2D eigenvalue weighted by Crippen LogP contribution is 2.23. The van der Waals surface area contributed by atoms with Crippen LogP contribution >= 0.6 is 0 Å². The van der Waals surface area contributed by atoms with Crippen LogP contribution in [0, 0.1) is 0 Å². The molecule has 1 saturated heterocycles. The molecule has 9 heteroatoms. The summed E-state index contributed by atoms with van der Waals surface area (Å²) in [6, 6.07) is 2.27. The number of unbranched alkanes of at least 4 members (excludes halogenated alkanes) is 1. The van der Waals surface area contributed by atoms with Crippen molar-refractivity contribution in [2.45, 2.75) is 44.3 Å². The lowest BCUT2D eigenvalue weighted by molar-refractivity contribution is -0.135. The van der Waals surface area contributed by atoms with Crippen molar-refractivity contribution in [2.24, 2.45) is 0 Å². The Morgan fingerprint density at radius 3 is 2.81 bits per heavy atom. The van der Waals surface area contributed by atoms with Gasteiger partial charge in [-0.3, -0.25) is 9.88 Å². The highest BCUT2D eigenvalue weighted by Gasteiger charge is 2.26. The minimum absolute atomic E-state index is 0.0941. The first kappa shape index (κ1) is 18.6. The van der Waals surface area contributed by atoms with Gasteiger partial charge in [0.1, 0.15) is 12.4 Å². The summed E-state index contributed by atoms with van der Waals surface area (Å²) in [5.74, 6) is 0.657. The highest BCUT2D eigenvalue weighted by atomic mass is 19.4. The summed E-state index contributed by atoms with van der Waals surface area (Å²) in [5, 5.41) is 8.05. The molecule has 1 aliphatic heterocycles. The predicted molar refractivity (Wildman–Crippen MR) is 89.3 cm³/mol. The summed E-state index contributed by atoms with van der Waals surface area (Å²) < 4.78 is 43.8. The van der Waals surface area contributed by atoms with E-state index in [0.717, 1.165) is 13.0 Å². The molecule has 0 aromatic carbocycles. The maximum Gasteiger partial charge on any atom is 0.389 e. The molecule has 0 amide bonds. The Morgan fingerprint density at radius 2 is 2.12 bits per heavy atom. The van der Waals surface area contributed by atoms with E-state index in [1.54, 1.807) is 23.3 Å². The molecule has 6 nitrogen and oxygen atoms in total. The van der Waals surface area contributed by atoms with Crippen molar-refractivity contribution in [3.63, 3.8) is 0 Å². The fraction of sp³-hybridized carbons (Fsp3) is 0.588. The average molecular weight is 369 g/mol. The van der Waals surface area contributed by atoms with E-state index in [9.17, 15) is 13.2 Å². The molecule has 0 unspecified atom stereocenters. The Kier molecular flexibility index (Phi) is 5.75. The van der Waals surface area contributed by atoms with Gasteiger partial charge in [0.15, 0.2) is 0 Å². The molecule has 142 valence electrons. The average Bonchev–Trinajstić information content (AvgIpc) is 3.06. The molecule has 0 radical (unpaired) electrons. The SMILES string of the molecule is CN1CC[C@H]1COc1cncc(-n2cc(CCCCC(F)(F)F)nn2)c1. The number of likely N-dealkylation sites (tertiary alicyclic amines) is 1. The minimum Gasteiger partial charge on any atom is -0.490 e. The number of alkyl halides is 3. The fourth-order valence-electron chi connectivity index (χ4n) is 2.76. The monoisotopic (exact) mass is 369 g/mol. The Balaban J connectivity index is 1.52. The number of nitrogens with zero attached hydrogens (tertiary/aromatic N) is 5. The zero-order valence-electron chi connectivity index (χ0n) is 14.6. The van der Waals surface area contributed by atoms with E-state index < -0.39 is 12.6 Å². The lowest BCUT2D eigenvalue weighted by atomic mass is 10.1. The predicted octanol–water partition coefficient (Wildman–Crippen LogP) is 3.02. The molecule has 0 N–H and O–H groups in total. The number of likely N-dealkylation sites (N-methyl/N-ethyl adjacent to an activating group) is 1. The molecule has 0 spiro atoms. The maximum atomic E-state index is 12.2. The van der Waals surface area contributed by atoms with Gasteiger partial charge in [0, 0.05) is 18.5 Å². The third-order valence-electron chi connectivity index (χ3n) is 4.53. The van der Waals surface area contributed by atoms with Gasteiger partial charge < -0.3 is 4.74 Å². The first-order chi connectivity index (χ1) is 12.4. The molecule has 26 heavy (non-hydrogen) atoms. The van der Waals surface area contributed by atoms with Crippen LogP contribution in [0.25, 0.3) is 5.69 Å². The molecule has 0 bridgehead atoms. The smallest absolute Gasteiger partial charge is 0.389 e. The third kappa shape index (κ3) is 5.17. The van der Waals surface area contributed by atoms with Crippen LogP contribution in [0.15, 0.2) is 24.7 Å². The van der Waals surface area contributed by atoms with Gasteiger partial charge >= 0.3 is 6.18 Å². The van der Waals surface area contributed by atoms with Crippen molar-refractivity contribution in [1.29, 1.82) is 0 Å². The second-order valence-corrected chi connectivity index (χ2v) is 6.59. The van der Waals surface area contributed by atoms with Gasteiger partial charge in [0.25, 0.3) is 0 Å². The molecular formula is C17H22F3N5O. The van der Waals surface area contributed by atoms with E-state index in [1.807, 2.05) is 6.07 Å². The van der Waals surface area contributed by atoms with Crippen molar-refractivity contribution in [1.82, 2.24) is 24.9 Å². The van der Waals surface area contributed by atoms with Crippen molar-refractivity contribution < 1.29 is 17.9 Å². The lowest BCUT2D eigenvalue weighted by Crippen LogP contribution is -2.48. The molecule has 3 heterocycles. The van der Waals surface area contributed by atoms with Crippen LogP contribution in [0.1, 0.15) is 31.4 Å². The van der Waals surface area contributed by atoms with Gasteiger partial charge in [-0.2, -0.15) is 13.2 Å². The van der Waals surface area contributed by atoms with E-state index in [1.165, 1.54) is 0 Å². The number of hydrogen-bond donors (Lipinski definition) is 0. The van der Waals surface area contributed by atoms with Crippen molar-refractivity contribution >= 4 is 0 Å². The normalized spacial score (nSPS) is 17.9. The van der Waals surface area contributed by atoms with E-state index in [-0.39, 0.29) is 6.42 Å². The van der Waals surface area contributed by atoms with Crippen LogP contribution in [0.5, 0.6) is 5.75 Å². The molecule has 2 aromatic heterocycles. The number of halogens is 3. The molecule has 0 aliphatic carbocycles. The summed E-state index contributed by atoms with van der Waals surface area (Å²) >= 11 is 0. The number of rotatable bonds is 8. The molecule has 3 rings (SSSR count). The molecule has 2 aromatic rings. The Morgan fingerprint density at radius 1 is 1.27 bits per heavy atom. The van der Waals surface area contributed by atoms with E-state index in [2.05, 4.69) is 27.2 Å². The molecule has 1 atom stereocenters. The van der Waals surface area contributed by atoms with Crippen LogP contribution in [0.3, 0.4) is 0 Å². The van der Waals surface area contributed by atoms with Gasteiger partial charge in [-0.25, -0.2) is 4.68 Å². The van der Waals surface area contributed by atoms with Crippen LogP contribution in [-0.4, -0.2) is 57.3 Å². The lowest BCUT2D eigenvalue weighted by Gasteiger charge is -2.37.